The SMILES string of the molecule is CC(=O)N(C)C(CCCCN)C(=O)O.CCCCCCCCC=CCCCCCCCC(=O)O. The zero-order valence-electron chi connectivity index (χ0n) is 22.1. The third-order valence-electron chi connectivity index (χ3n) is 5.83. The highest BCUT2D eigenvalue weighted by Crippen LogP contribution is 2.10. The summed E-state index contributed by atoms with van der Waals surface area (Å²) in [5.41, 5.74) is 5.30. The molecule has 0 radical (unpaired) electrons. The number of unbranched alkanes of at least 4 members (excludes halogenated alkanes) is 12. The average molecular weight is 485 g/mol. The van der Waals surface area contributed by atoms with Crippen LogP contribution in [0.15, 0.2) is 12.2 Å². The van der Waals surface area contributed by atoms with E-state index >= 15 is 0 Å². The summed E-state index contributed by atoms with van der Waals surface area (Å²) in [5, 5.41) is 17.4. The monoisotopic (exact) mass is 484 g/mol. The lowest BCUT2D eigenvalue weighted by molar-refractivity contribution is -0.148. The number of allylic oxidation sites excluding steroid dienone is 2. The molecule has 0 aliphatic heterocycles. The van der Waals surface area contributed by atoms with Gasteiger partial charge in [-0.15, -0.1) is 0 Å². The van der Waals surface area contributed by atoms with Crippen LogP contribution in [0, 0.1) is 0 Å². The minimum atomic E-state index is -0.959. The normalized spacial score (nSPS) is 11.6. The van der Waals surface area contributed by atoms with E-state index in [1.165, 1.54) is 89.5 Å². The second kappa shape index (κ2) is 25.7. The van der Waals surface area contributed by atoms with E-state index in [1.54, 1.807) is 0 Å². The summed E-state index contributed by atoms with van der Waals surface area (Å²) in [4.78, 5) is 33.3. The molecule has 1 unspecified atom stereocenters. The number of nitrogens with two attached hydrogens (primary N) is 1. The molecule has 0 spiro atoms. The van der Waals surface area contributed by atoms with Crippen molar-refractivity contribution in [1.82, 2.24) is 4.90 Å². The van der Waals surface area contributed by atoms with Crippen molar-refractivity contribution in [2.45, 2.75) is 129 Å². The highest BCUT2D eigenvalue weighted by Gasteiger charge is 2.23. The van der Waals surface area contributed by atoms with Crippen LogP contribution < -0.4 is 5.73 Å². The van der Waals surface area contributed by atoms with Gasteiger partial charge in [0.05, 0.1) is 0 Å². The topological polar surface area (TPSA) is 121 Å². The Bertz CT molecular complexity index is 537. The van der Waals surface area contributed by atoms with Gasteiger partial charge >= 0.3 is 11.9 Å². The standard InChI is InChI=1S/C18H34O2.C9H18N2O3/c1-2-3-4-5-6-7-8-9-10-11-12-13-14-15-16-17-18(19)20;1-7(12)11(2)8(9(13)14)5-3-4-6-10/h9-10H,2-8,11-17H2,1H3,(H,19,20);8H,3-6,10H2,1-2H3,(H,13,14). The maximum Gasteiger partial charge on any atom is 0.326 e. The number of carboxylic acid groups (broad SMARTS) is 2. The van der Waals surface area contributed by atoms with Crippen molar-refractivity contribution in [2.24, 2.45) is 5.73 Å². The fraction of sp³-hybridized carbons (Fsp3) is 0.815. The van der Waals surface area contributed by atoms with Crippen LogP contribution in [0.4, 0.5) is 0 Å². The molecule has 0 aliphatic carbocycles. The highest BCUT2D eigenvalue weighted by atomic mass is 16.4. The first-order chi connectivity index (χ1) is 16.3. The summed E-state index contributed by atoms with van der Waals surface area (Å²) in [5.74, 6) is -1.85. The molecular formula is C27H52N2O5. The van der Waals surface area contributed by atoms with Crippen molar-refractivity contribution < 1.29 is 24.6 Å². The number of carboxylic acids is 2. The summed E-state index contributed by atoms with van der Waals surface area (Å²) >= 11 is 0. The van der Waals surface area contributed by atoms with Crippen molar-refractivity contribution in [3.8, 4) is 0 Å². The second-order valence-electron chi connectivity index (χ2n) is 9.00. The third kappa shape index (κ3) is 24.7. The first-order valence-corrected chi connectivity index (χ1v) is 13.3. The molecule has 1 atom stereocenters. The number of nitrogens with zero attached hydrogens (tertiary/aromatic N) is 1. The molecule has 0 aliphatic rings. The number of aliphatic carboxylic acids is 2. The lowest BCUT2D eigenvalue weighted by Crippen LogP contribution is -2.41. The fourth-order valence-electron chi connectivity index (χ4n) is 3.53. The Kier molecular flexibility index (Phi) is 25.9. The number of carbonyl (C=O) groups is 3. The lowest BCUT2D eigenvalue weighted by Gasteiger charge is -2.23. The summed E-state index contributed by atoms with van der Waals surface area (Å²) in [6, 6.07) is -0.723. The van der Waals surface area contributed by atoms with Gasteiger partial charge < -0.3 is 20.8 Å². The van der Waals surface area contributed by atoms with Gasteiger partial charge in [-0.05, 0) is 57.9 Å². The maximum absolute atomic E-state index is 11.0. The van der Waals surface area contributed by atoms with E-state index in [4.69, 9.17) is 15.9 Å². The second-order valence-corrected chi connectivity index (χ2v) is 9.00. The quantitative estimate of drug-likeness (QED) is 0.133. The molecule has 0 fully saturated rings. The zero-order valence-corrected chi connectivity index (χ0v) is 22.1. The molecule has 0 aromatic heterocycles. The molecule has 34 heavy (non-hydrogen) atoms. The van der Waals surface area contributed by atoms with Gasteiger partial charge in [0.25, 0.3) is 0 Å². The van der Waals surface area contributed by atoms with Gasteiger partial charge in [-0.25, -0.2) is 4.79 Å². The Balaban J connectivity index is 0. The van der Waals surface area contributed by atoms with Crippen molar-refractivity contribution >= 4 is 17.8 Å². The van der Waals surface area contributed by atoms with Gasteiger partial charge in [0, 0.05) is 20.4 Å². The number of hydrogen-bond donors (Lipinski definition) is 3. The van der Waals surface area contributed by atoms with Gasteiger partial charge in [0.15, 0.2) is 0 Å². The van der Waals surface area contributed by atoms with E-state index in [9.17, 15) is 14.4 Å². The molecular weight excluding hydrogens is 432 g/mol. The first kappa shape index (κ1) is 34.3. The van der Waals surface area contributed by atoms with Crippen LogP contribution in [-0.4, -0.2) is 52.6 Å². The first-order valence-electron chi connectivity index (χ1n) is 13.3. The zero-order chi connectivity index (χ0) is 26.0. The molecule has 0 rings (SSSR count). The van der Waals surface area contributed by atoms with E-state index in [1.807, 2.05) is 0 Å². The van der Waals surface area contributed by atoms with Crippen molar-refractivity contribution in [2.75, 3.05) is 13.6 Å². The maximum atomic E-state index is 11.0. The van der Waals surface area contributed by atoms with Crippen LogP contribution in [0.5, 0.6) is 0 Å². The summed E-state index contributed by atoms with van der Waals surface area (Å²) < 4.78 is 0. The largest absolute Gasteiger partial charge is 0.481 e. The van der Waals surface area contributed by atoms with Gasteiger partial charge in [-0.2, -0.15) is 0 Å². The molecule has 0 saturated heterocycles. The molecule has 0 aromatic rings. The van der Waals surface area contributed by atoms with E-state index in [0.717, 1.165) is 25.7 Å². The van der Waals surface area contributed by atoms with E-state index in [-0.39, 0.29) is 5.91 Å². The van der Waals surface area contributed by atoms with Gasteiger partial charge in [-0.1, -0.05) is 70.4 Å². The molecule has 1 amide bonds. The minimum Gasteiger partial charge on any atom is -0.481 e. The number of likely N-dealkylation sites (N-methyl/N-ethyl adjacent to an activating group) is 1. The molecule has 0 saturated carbocycles. The van der Waals surface area contributed by atoms with Crippen molar-refractivity contribution in [3.05, 3.63) is 12.2 Å². The minimum absolute atomic E-state index is 0.231. The fourth-order valence-corrected chi connectivity index (χ4v) is 3.53. The summed E-state index contributed by atoms with van der Waals surface area (Å²) in [6.45, 7) is 4.17. The van der Waals surface area contributed by atoms with Crippen LogP contribution >= 0.6 is 0 Å². The smallest absolute Gasteiger partial charge is 0.326 e. The molecule has 7 heteroatoms. The van der Waals surface area contributed by atoms with E-state index in [0.29, 0.717) is 19.4 Å². The van der Waals surface area contributed by atoms with Gasteiger partial charge in [0.2, 0.25) is 5.91 Å². The lowest BCUT2D eigenvalue weighted by atomic mass is 10.1. The Labute approximate surface area is 208 Å². The molecule has 4 N–H and O–H groups in total. The number of amides is 1. The molecule has 200 valence electrons. The van der Waals surface area contributed by atoms with Gasteiger partial charge in [-0.3, -0.25) is 9.59 Å². The molecule has 0 heterocycles. The third-order valence-corrected chi connectivity index (χ3v) is 5.83. The highest BCUT2D eigenvalue weighted by molar-refractivity contribution is 5.81. The summed E-state index contributed by atoms with van der Waals surface area (Å²) in [6.07, 6.45) is 23.2. The van der Waals surface area contributed by atoms with Crippen LogP contribution in [0.3, 0.4) is 0 Å². The Hall–Kier alpha value is -1.89. The van der Waals surface area contributed by atoms with Gasteiger partial charge in [0.1, 0.15) is 6.04 Å². The molecule has 7 nitrogen and oxygen atoms in total. The molecule has 0 bridgehead atoms. The predicted molar refractivity (Wildman–Crippen MR) is 140 cm³/mol. The number of hydrogen-bond acceptors (Lipinski definition) is 4. The van der Waals surface area contributed by atoms with Crippen LogP contribution in [0.2, 0.25) is 0 Å². The van der Waals surface area contributed by atoms with Crippen LogP contribution in [0.1, 0.15) is 123 Å². The van der Waals surface area contributed by atoms with E-state index in [2.05, 4.69) is 19.1 Å². The summed E-state index contributed by atoms with van der Waals surface area (Å²) in [7, 11) is 1.50. The van der Waals surface area contributed by atoms with Crippen molar-refractivity contribution in [1.29, 1.82) is 0 Å². The Morgan fingerprint density at radius 2 is 1.29 bits per heavy atom. The number of carbonyl (C=O) groups excluding carboxylic acids is 1. The average Bonchev–Trinajstić information content (AvgIpc) is 2.79. The van der Waals surface area contributed by atoms with Crippen LogP contribution in [0.25, 0.3) is 0 Å². The van der Waals surface area contributed by atoms with E-state index < -0.39 is 18.0 Å². The Morgan fingerprint density at radius 1 is 0.794 bits per heavy atom. The molecule has 0 aromatic carbocycles. The Morgan fingerprint density at radius 3 is 1.74 bits per heavy atom. The van der Waals surface area contributed by atoms with Crippen LogP contribution in [-0.2, 0) is 14.4 Å². The number of rotatable bonds is 21. The van der Waals surface area contributed by atoms with Crippen molar-refractivity contribution in [3.63, 3.8) is 0 Å². The predicted octanol–water partition coefficient (Wildman–Crippen LogP) is 6.16.